The first-order chi connectivity index (χ1) is 28.8. The summed E-state index contributed by atoms with van der Waals surface area (Å²) in [4.78, 5) is 22.2. The predicted octanol–water partition coefficient (Wildman–Crippen LogP) is 7.39. The second kappa shape index (κ2) is 15.9. The summed E-state index contributed by atoms with van der Waals surface area (Å²) < 4.78 is 26.7. The molecule has 7 heterocycles. The minimum atomic E-state index is -0.854. The van der Waals surface area contributed by atoms with Gasteiger partial charge in [-0.25, -0.2) is 4.79 Å². The summed E-state index contributed by atoms with van der Waals surface area (Å²) in [6, 6.07) is 14.8. The Morgan fingerprint density at radius 3 is 2.25 bits per heavy atom. The largest absolute Gasteiger partial charge is 0.489 e. The molecular formula is C47H50N4O7S. The second-order valence-electron chi connectivity index (χ2n) is 16.7. The minimum Gasteiger partial charge on any atom is -0.489 e. The Labute approximate surface area is 348 Å². The van der Waals surface area contributed by atoms with Crippen molar-refractivity contribution in [3.63, 3.8) is 0 Å². The van der Waals surface area contributed by atoms with Gasteiger partial charge >= 0.3 is 5.69 Å². The van der Waals surface area contributed by atoms with Crippen LogP contribution in [-0.2, 0) is 43.6 Å². The maximum atomic E-state index is 12.9. The Hall–Kier alpha value is -5.01. The Bertz CT molecular complexity index is 2550. The van der Waals surface area contributed by atoms with E-state index in [4.69, 9.17) is 30.8 Å². The zero-order valence-electron chi connectivity index (χ0n) is 33.5. The number of fused-ring (bicyclic) bond motifs is 2. The van der Waals surface area contributed by atoms with Gasteiger partial charge in [-0.1, -0.05) is 18.2 Å². The van der Waals surface area contributed by atoms with Gasteiger partial charge in [-0.15, -0.1) is 0 Å². The zero-order valence-corrected chi connectivity index (χ0v) is 34.3. The summed E-state index contributed by atoms with van der Waals surface area (Å²) in [6.07, 6.45) is 12.8. The molecule has 1 fully saturated rings. The molecular weight excluding hydrogens is 765 g/mol. The van der Waals surface area contributed by atoms with Crippen molar-refractivity contribution in [2.45, 2.75) is 96.4 Å². The summed E-state index contributed by atoms with van der Waals surface area (Å²) in [7, 11) is 0. The van der Waals surface area contributed by atoms with E-state index in [1.807, 2.05) is 24.3 Å². The van der Waals surface area contributed by atoms with E-state index in [1.165, 1.54) is 56.6 Å². The summed E-state index contributed by atoms with van der Waals surface area (Å²) in [5, 5.41) is 20.7. The van der Waals surface area contributed by atoms with Crippen molar-refractivity contribution in [3.8, 4) is 11.6 Å². The third-order valence-electron chi connectivity index (χ3n) is 12.8. The molecule has 10 rings (SSSR count). The molecule has 59 heavy (non-hydrogen) atoms. The maximum absolute atomic E-state index is 12.9. The summed E-state index contributed by atoms with van der Waals surface area (Å²) in [5.74, 6) is 0.941. The molecule has 1 saturated heterocycles. The number of nitrogens with zero attached hydrogens (tertiary/aromatic N) is 4. The lowest BCUT2D eigenvalue weighted by Gasteiger charge is -2.37. The van der Waals surface area contributed by atoms with Gasteiger partial charge in [0, 0.05) is 77.8 Å². The Balaban J connectivity index is 0.917. The molecule has 306 valence electrons. The van der Waals surface area contributed by atoms with Gasteiger partial charge in [-0.2, -0.15) is 4.98 Å². The van der Waals surface area contributed by atoms with Crippen molar-refractivity contribution >= 4 is 46.7 Å². The lowest BCUT2D eigenvalue weighted by molar-refractivity contribution is -0.0460. The van der Waals surface area contributed by atoms with E-state index in [-0.39, 0.29) is 25.5 Å². The first-order valence-corrected chi connectivity index (χ1v) is 21.6. The molecule has 5 aliphatic rings. The molecule has 3 aromatic carbocycles. The van der Waals surface area contributed by atoms with Crippen LogP contribution in [0.2, 0.25) is 0 Å². The summed E-state index contributed by atoms with van der Waals surface area (Å²) >= 11 is 6.09. The number of anilines is 2. The highest BCUT2D eigenvalue weighted by Gasteiger charge is 2.35. The molecule has 3 atom stereocenters. The maximum Gasteiger partial charge on any atom is 0.352 e. The number of benzene rings is 3. The third-order valence-corrected chi connectivity index (χ3v) is 13.1. The molecule has 12 heteroatoms. The van der Waals surface area contributed by atoms with Crippen molar-refractivity contribution in [1.29, 1.82) is 0 Å². The van der Waals surface area contributed by atoms with E-state index in [9.17, 15) is 15.0 Å². The fourth-order valence-electron chi connectivity index (χ4n) is 9.96. The second-order valence-corrected chi connectivity index (χ2v) is 17.1. The Morgan fingerprint density at radius 1 is 0.881 bits per heavy atom. The Morgan fingerprint density at radius 2 is 1.56 bits per heavy atom. The molecule has 0 aliphatic carbocycles. The van der Waals surface area contributed by atoms with E-state index < -0.39 is 24.1 Å². The molecule has 0 saturated carbocycles. The molecule has 11 nitrogen and oxygen atoms in total. The number of hydrogen-bond acceptors (Lipinski definition) is 11. The van der Waals surface area contributed by atoms with Gasteiger partial charge in [0.05, 0.1) is 12.7 Å². The summed E-state index contributed by atoms with van der Waals surface area (Å²) in [5.41, 5.74) is 13.4. The predicted molar refractivity (Wildman–Crippen MR) is 230 cm³/mol. The van der Waals surface area contributed by atoms with Crippen LogP contribution >= 0.6 is 12.2 Å². The number of aromatic nitrogens is 2. The van der Waals surface area contributed by atoms with Crippen molar-refractivity contribution < 1.29 is 28.8 Å². The zero-order chi connectivity index (χ0) is 40.2. The average Bonchev–Trinajstić information content (AvgIpc) is 3.63. The van der Waals surface area contributed by atoms with Crippen molar-refractivity contribution in [2.24, 2.45) is 0 Å². The smallest absolute Gasteiger partial charge is 0.352 e. The van der Waals surface area contributed by atoms with Crippen LogP contribution in [0.5, 0.6) is 11.6 Å². The average molecular weight is 815 g/mol. The molecule has 2 N–H and O–H groups in total. The first kappa shape index (κ1) is 38.2. The highest BCUT2D eigenvalue weighted by molar-refractivity contribution is 7.71. The number of hydrogen-bond donors (Lipinski definition) is 2. The molecule has 2 aromatic heterocycles. The molecule has 5 aliphatic heterocycles. The summed E-state index contributed by atoms with van der Waals surface area (Å²) in [6.45, 7) is 6.48. The lowest BCUT2D eigenvalue weighted by Crippen LogP contribution is -2.34. The van der Waals surface area contributed by atoms with Gasteiger partial charge in [-0.3, -0.25) is 4.57 Å². The van der Waals surface area contributed by atoms with E-state index >= 15 is 0 Å². The SMILES string of the molecule is Cc1cn([C@H]2C[C@H](O)[C@@H](CO)O2)c(=O)nc1OCc1ccc(OCc2c(/C=C/c3cc4c5c(c3)CCCN5CCC4)c(=S)oc3c4c5c(cc23)CCCN5CCC4)cc1. The van der Waals surface area contributed by atoms with Crippen LogP contribution in [0.4, 0.5) is 11.4 Å². The highest BCUT2D eigenvalue weighted by Crippen LogP contribution is 2.43. The van der Waals surface area contributed by atoms with E-state index in [1.54, 1.807) is 13.1 Å². The van der Waals surface area contributed by atoms with Crippen LogP contribution in [-0.4, -0.2) is 64.8 Å². The van der Waals surface area contributed by atoms with Crippen molar-refractivity contribution in [2.75, 3.05) is 42.6 Å². The Kier molecular flexibility index (Phi) is 10.3. The van der Waals surface area contributed by atoms with Crippen molar-refractivity contribution in [1.82, 2.24) is 9.55 Å². The third kappa shape index (κ3) is 7.24. The van der Waals surface area contributed by atoms with Crippen molar-refractivity contribution in [3.05, 3.63) is 114 Å². The quantitative estimate of drug-likeness (QED) is 0.137. The number of rotatable bonds is 10. The number of aliphatic hydroxyl groups excluding tert-OH is 2. The van der Waals surface area contributed by atoms with Crippen LogP contribution in [0.1, 0.15) is 88.4 Å². The van der Waals surface area contributed by atoms with E-state index in [2.05, 4.69) is 45.1 Å². The van der Waals surface area contributed by atoms with Crippen LogP contribution in [0.15, 0.2) is 57.9 Å². The molecule has 0 unspecified atom stereocenters. The number of aliphatic hydroxyl groups is 2. The fourth-order valence-corrected chi connectivity index (χ4v) is 10.2. The first-order valence-electron chi connectivity index (χ1n) is 21.2. The van der Waals surface area contributed by atoms with Gasteiger partial charge < -0.3 is 38.6 Å². The van der Waals surface area contributed by atoms with Gasteiger partial charge in [0.15, 0.2) is 4.71 Å². The van der Waals surface area contributed by atoms with Gasteiger partial charge in [0.2, 0.25) is 5.88 Å². The van der Waals surface area contributed by atoms with Gasteiger partial charge in [0.1, 0.15) is 36.9 Å². The molecule has 0 amide bonds. The van der Waals surface area contributed by atoms with Crippen LogP contribution in [0, 0.1) is 11.6 Å². The minimum absolute atomic E-state index is 0.194. The number of aryl methyl sites for hydroxylation is 5. The van der Waals surface area contributed by atoms with Crippen LogP contribution < -0.4 is 25.0 Å². The fraction of sp³-hybridized carbons (Fsp3) is 0.426. The van der Waals surface area contributed by atoms with Crippen LogP contribution in [0.3, 0.4) is 0 Å². The lowest BCUT2D eigenvalue weighted by atomic mass is 9.88. The highest BCUT2D eigenvalue weighted by atomic mass is 32.1. The van der Waals surface area contributed by atoms with Gasteiger partial charge in [-0.05, 0) is 135 Å². The van der Waals surface area contributed by atoms with Crippen LogP contribution in [0.25, 0.3) is 23.1 Å². The molecule has 0 radical (unpaired) electrons. The molecule has 5 aromatic rings. The molecule has 0 spiro atoms. The van der Waals surface area contributed by atoms with Gasteiger partial charge in [0.25, 0.3) is 0 Å². The van der Waals surface area contributed by atoms with E-state index in [0.717, 1.165) is 92.4 Å². The monoisotopic (exact) mass is 814 g/mol. The normalized spacial score (nSPS) is 20.9. The van der Waals surface area contributed by atoms with E-state index in [0.29, 0.717) is 22.6 Å². The molecule has 0 bridgehead atoms. The standard InChI is InChI=1S/C47H50N4O7S/c1-28-24-51(41-23-39(53)40(25-52)57-41)47(54)48-45(28)56-26-29-10-13-34(14-11-29)55-27-38-35(15-12-30-20-31-6-2-16-49-17-3-7-32(21-30)42(31)49)46(59)58-44-36-9-5-19-50-18-4-8-33(43(36)50)22-37(38)44/h10-15,20-22,24,39-41,52-53H,2-9,16-19,23,25-27H2,1H3/b15-12+/t39-,40+,41+/m0/s1. The number of ether oxygens (including phenoxy) is 3. The topological polar surface area (TPSA) is 123 Å².